The molecule has 5 heteroatoms. The van der Waals surface area contributed by atoms with E-state index in [1.807, 2.05) is 0 Å². The molecule has 0 atom stereocenters. The second-order valence-corrected chi connectivity index (χ2v) is 2.72. The van der Waals surface area contributed by atoms with Gasteiger partial charge in [0.25, 0.3) is 0 Å². The van der Waals surface area contributed by atoms with E-state index in [4.69, 9.17) is 11.6 Å². The molecule has 1 amide bonds. The number of nitrogens with one attached hydrogen (secondary N) is 1. The van der Waals surface area contributed by atoms with Crippen LogP contribution in [0.1, 0.15) is 12.6 Å². The molecule has 0 spiro atoms. The van der Waals surface area contributed by atoms with E-state index in [9.17, 15) is 4.79 Å². The topological polar surface area (TPSA) is 54.9 Å². The zero-order chi connectivity index (χ0) is 9.14. The number of nitrogens with zero attached hydrogens (tertiary/aromatic N) is 2. The van der Waals surface area contributed by atoms with Gasteiger partial charge in [-0.15, -0.1) is 0 Å². The highest BCUT2D eigenvalue weighted by atomic mass is 35.5. The highest BCUT2D eigenvalue weighted by Gasteiger charge is 2.00. The van der Waals surface area contributed by atoms with Crippen LogP contribution < -0.4 is 5.32 Å². The Morgan fingerprint density at radius 3 is 2.75 bits per heavy atom. The van der Waals surface area contributed by atoms with Crippen molar-refractivity contribution >= 4 is 23.5 Å². The standard InChI is InChI=1S/C7H8ClN3O/c1-4-3-6(8)11-7(9-4)10-5(2)12/h3H,1-2H3,(H,9,10,11,12). The summed E-state index contributed by atoms with van der Waals surface area (Å²) in [7, 11) is 0. The summed E-state index contributed by atoms with van der Waals surface area (Å²) in [4.78, 5) is 18.3. The number of halogens is 1. The van der Waals surface area contributed by atoms with Crippen molar-refractivity contribution in [2.75, 3.05) is 5.32 Å². The maximum absolute atomic E-state index is 10.6. The van der Waals surface area contributed by atoms with Crippen LogP contribution in [0, 0.1) is 6.92 Å². The molecule has 0 saturated carbocycles. The highest BCUT2D eigenvalue weighted by Crippen LogP contribution is 2.08. The fourth-order valence-electron chi connectivity index (χ4n) is 0.743. The molecule has 0 aliphatic carbocycles. The molecule has 0 saturated heterocycles. The molecule has 0 aromatic carbocycles. The van der Waals surface area contributed by atoms with Crippen LogP contribution in [0.2, 0.25) is 5.15 Å². The van der Waals surface area contributed by atoms with Crippen molar-refractivity contribution in [3.8, 4) is 0 Å². The first-order valence-corrected chi connectivity index (χ1v) is 3.74. The lowest BCUT2D eigenvalue weighted by Gasteiger charge is -2.00. The van der Waals surface area contributed by atoms with Crippen molar-refractivity contribution in [1.82, 2.24) is 9.97 Å². The van der Waals surface area contributed by atoms with Gasteiger partial charge in [0.2, 0.25) is 11.9 Å². The van der Waals surface area contributed by atoms with Crippen LogP contribution in [0.25, 0.3) is 0 Å². The molecular weight excluding hydrogens is 178 g/mol. The van der Waals surface area contributed by atoms with Crippen molar-refractivity contribution in [1.29, 1.82) is 0 Å². The van der Waals surface area contributed by atoms with Gasteiger partial charge in [-0.3, -0.25) is 10.1 Å². The third kappa shape index (κ3) is 2.47. The lowest BCUT2D eigenvalue weighted by atomic mass is 10.5. The fraction of sp³-hybridized carbons (Fsp3) is 0.286. The summed E-state index contributed by atoms with van der Waals surface area (Å²) < 4.78 is 0. The summed E-state index contributed by atoms with van der Waals surface area (Å²) in [6.45, 7) is 3.17. The summed E-state index contributed by atoms with van der Waals surface area (Å²) in [6.07, 6.45) is 0. The minimum atomic E-state index is -0.211. The van der Waals surface area contributed by atoms with Gasteiger partial charge in [-0.25, -0.2) is 9.97 Å². The molecular formula is C7H8ClN3O. The van der Waals surface area contributed by atoms with Gasteiger partial charge in [0.05, 0.1) is 0 Å². The maximum atomic E-state index is 10.6. The van der Waals surface area contributed by atoms with E-state index >= 15 is 0 Å². The summed E-state index contributed by atoms with van der Waals surface area (Å²) >= 11 is 5.63. The normalized spacial score (nSPS) is 9.58. The smallest absolute Gasteiger partial charge is 0.231 e. The van der Waals surface area contributed by atoms with Crippen LogP contribution in [-0.4, -0.2) is 15.9 Å². The van der Waals surface area contributed by atoms with Crippen molar-refractivity contribution in [3.63, 3.8) is 0 Å². The third-order valence-corrected chi connectivity index (χ3v) is 1.30. The lowest BCUT2D eigenvalue weighted by Crippen LogP contribution is -2.09. The first-order chi connectivity index (χ1) is 5.58. The second-order valence-electron chi connectivity index (χ2n) is 2.34. The molecule has 0 unspecified atom stereocenters. The van der Waals surface area contributed by atoms with E-state index in [0.29, 0.717) is 5.15 Å². The molecule has 12 heavy (non-hydrogen) atoms. The predicted molar refractivity (Wildman–Crippen MR) is 46.1 cm³/mol. The van der Waals surface area contributed by atoms with E-state index in [1.54, 1.807) is 13.0 Å². The minimum absolute atomic E-state index is 0.211. The third-order valence-electron chi connectivity index (χ3n) is 1.11. The Labute approximate surface area is 75.0 Å². The zero-order valence-corrected chi connectivity index (χ0v) is 7.51. The highest BCUT2D eigenvalue weighted by molar-refractivity contribution is 6.29. The summed E-state index contributed by atoms with van der Waals surface area (Å²) in [5.74, 6) is 0.0316. The van der Waals surface area contributed by atoms with E-state index in [0.717, 1.165) is 5.69 Å². The van der Waals surface area contributed by atoms with Gasteiger partial charge in [0, 0.05) is 12.6 Å². The van der Waals surface area contributed by atoms with E-state index < -0.39 is 0 Å². The Balaban J connectivity index is 2.93. The van der Waals surface area contributed by atoms with Crippen molar-refractivity contribution < 1.29 is 4.79 Å². The number of carbonyl (C=O) groups excluding carboxylic acids is 1. The summed E-state index contributed by atoms with van der Waals surface area (Å²) in [5, 5.41) is 2.77. The molecule has 64 valence electrons. The molecule has 1 N–H and O–H groups in total. The molecule has 1 heterocycles. The number of hydrogen-bond acceptors (Lipinski definition) is 3. The molecule has 0 radical (unpaired) electrons. The summed E-state index contributed by atoms with van der Waals surface area (Å²) in [5.41, 5.74) is 0.721. The number of aryl methyl sites for hydroxylation is 1. The molecule has 4 nitrogen and oxygen atoms in total. The molecule has 1 aromatic heterocycles. The minimum Gasteiger partial charge on any atom is -0.295 e. The van der Waals surface area contributed by atoms with Gasteiger partial charge in [0.15, 0.2) is 0 Å². The Bertz CT molecular complexity index is 293. The Morgan fingerprint density at radius 2 is 2.25 bits per heavy atom. The van der Waals surface area contributed by atoms with Gasteiger partial charge < -0.3 is 0 Å². The van der Waals surface area contributed by atoms with E-state index in [2.05, 4.69) is 15.3 Å². The van der Waals surface area contributed by atoms with E-state index in [1.165, 1.54) is 6.92 Å². The van der Waals surface area contributed by atoms with Gasteiger partial charge in [-0.05, 0) is 13.0 Å². The Morgan fingerprint density at radius 1 is 1.58 bits per heavy atom. The molecule has 0 fully saturated rings. The van der Waals surface area contributed by atoms with Crippen LogP contribution in [0.5, 0.6) is 0 Å². The van der Waals surface area contributed by atoms with Crippen molar-refractivity contribution in [2.24, 2.45) is 0 Å². The Kier molecular flexibility index (Phi) is 2.60. The maximum Gasteiger partial charge on any atom is 0.231 e. The molecule has 0 aliphatic rings. The average Bonchev–Trinajstić information content (AvgIpc) is 1.81. The van der Waals surface area contributed by atoms with Crippen LogP contribution in [0.3, 0.4) is 0 Å². The van der Waals surface area contributed by atoms with Crippen molar-refractivity contribution in [3.05, 3.63) is 16.9 Å². The SMILES string of the molecule is CC(=O)Nc1nc(C)cc(Cl)n1. The number of anilines is 1. The number of carbonyl (C=O) groups is 1. The van der Waals surface area contributed by atoms with Crippen LogP contribution >= 0.6 is 11.6 Å². The van der Waals surface area contributed by atoms with Crippen LogP contribution in [0.15, 0.2) is 6.07 Å². The Hall–Kier alpha value is -1.16. The number of rotatable bonds is 1. The van der Waals surface area contributed by atoms with Crippen molar-refractivity contribution in [2.45, 2.75) is 13.8 Å². The number of amides is 1. The predicted octanol–water partition coefficient (Wildman–Crippen LogP) is 1.40. The zero-order valence-electron chi connectivity index (χ0n) is 6.76. The fourth-order valence-corrected chi connectivity index (χ4v) is 0.981. The van der Waals surface area contributed by atoms with Gasteiger partial charge >= 0.3 is 0 Å². The quantitative estimate of drug-likeness (QED) is 0.673. The van der Waals surface area contributed by atoms with Gasteiger partial charge in [-0.1, -0.05) is 11.6 Å². The average molecular weight is 186 g/mol. The molecule has 1 aromatic rings. The largest absolute Gasteiger partial charge is 0.295 e. The second kappa shape index (κ2) is 3.49. The van der Waals surface area contributed by atoms with E-state index in [-0.39, 0.29) is 11.9 Å². The lowest BCUT2D eigenvalue weighted by molar-refractivity contribution is -0.114. The number of hydrogen-bond donors (Lipinski definition) is 1. The number of aromatic nitrogens is 2. The summed E-state index contributed by atoms with van der Waals surface area (Å²) in [6, 6.07) is 1.62. The van der Waals surface area contributed by atoms with Crippen LogP contribution in [0.4, 0.5) is 5.95 Å². The van der Waals surface area contributed by atoms with Gasteiger partial charge in [-0.2, -0.15) is 0 Å². The molecule has 0 bridgehead atoms. The first-order valence-electron chi connectivity index (χ1n) is 3.36. The van der Waals surface area contributed by atoms with Crippen LogP contribution in [-0.2, 0) is 4.79 Å². The van der Waals surface area contributed by atoms with Gasteiger partial charge in [0.1, 0.15) is 5.15 Å². The molecule has 1 rings (SSSR count). The molecule has 0 aliphatic heterocycles. The first kappa shape index (κ1) is 8.93. The monoisotopic (exact) mass is 185 g/mol.